The molecule has 0 aliphatic rings. The van der Waals surface area contributed by atoms with Crippen LogP contribution in [0, 0.1) is 0 Å². The van der Waals surface area contributed by atoms with Crippen LogP contribution in [-0.4, -0.2) is 17.1 Å². The van der Waals surface area contributed by atoms with Gasteiger partial charge in [0, 0.05) is 18.0 Å². The van der Waals surface area contributed by atoms with Gasteiger partial charge in [-0.05, 0) is 36.2 Å². The molecule has 0 saturated carbocycles. The second kappa shape index (κ2) is 6.87. The maximum atomic E-state index is 12.5. The van der Waals surface area contributed by atoms with E-state index in [4.69, 9.17) is 4.42 Å². The molecule has 0 aliphatic carbocycles. The van der Waals surface area contributed by atoms with Crippen molar-refractivity contribution in [2.24, 2.45) is 5.10 Å². The highest BCUT2D eigenvalue weighted by molar-refractivity contribution is 5.95. The van der Waals surface area contributed by atoms with Gasteiger partial charge in [0.1, 0.15) is 11.8 Å². The molecule has 1 N–H and O–H groups in total. The van der Waals surface area contributed by atoms with E-state index in [0.717, 1.165) is 12.0 Å². The van der Waals surface area contributed by atoms with Crippen molar-refractivity contribution >= 4 is 23.1 Å². The van der Waals surface area contributed by atoms with Crippen LogP contribution < -0.4 is 10.9 Å². The van der Waals surface area contributed by atoms with Crippen molar-refractivity contribution in [1.29, 1.82) is 0 Å². The second-order valence-electron chi connectivity index (χ2n) is 5.14. The number of nitrogens with zero attached hydrogens (tertiary/aromatic N) is 2. The van der Waals surface area contributed by atoms with Crippen molar-refractivity contribution in [3.05, 3.63) is 75.9 Å². The van der Waals surface area contributed by atoms with Gasteiger partial charge in [-0.3, -0.25) is 14.6 Å². The average Bonchev–Trinajstić information content (AvgIpc) is 2.64. The second-order valence-corrected chi connectivity index (χ2v) is 5.14. The van der Waals surface area contributed by atoms with Crippen LogP contribution in [0.4, 0.5) is 0 Å². The molecule has 1 aromatic carbocycles. The van der Waals surface area contributed by atoms with Gasteiger partial charge in [0.25, 0.3) is 5.91 Å². The molecule has 3 rings (SSSR count). The molecule has 6 heteroatoms. The molecule has 0 atom stereocenters. The molecule has 0 saturated heterocycles. The molecule has 0 fully saturated rings. The van der Waals surface area contributed by atoms with E-state index in [9.17, 15) is 9.59 Å². The largest absolute Gasteiger partial charge is 0.463 e. The van der Waals surface area contributed by atoms with Gasteiger partial charge in [-0.25, -0.2) is 5.43 Å². The van der Waals surface area contributed by atoms with Crippen LogP contribution in [0.25, 0.3) is 11.0 Å². The number of aromatic nitrogens is 1. The van der Waals surface area contributed by atoms with E-state index in [0.29, 0.717) is 16.5 Å². The molecule has 6 nitrogen and oxygen atoms in total. The summed E-state index contributed by atoms with van der Waals surface area (Å²) in [7, 11) is 0. The average molecular weight is 321 g/mol. The van der Waals surface area contributed by atoms with E-state index in [-0.39, 0.29) is 16.9 Å². The Morgan fingerprint density at radius 2 is 2.08 bits per heavy atom. The Labute approximate surface area is 137 Å². The lowest BCUT2D eigenvalue weighted by atomic mass is 10.1. The molecule has 2 heterocycles. The van der Waals surface area contributed by atoms with Gasteiger partial charge in [0.05, 0.1) is 17.2 Å². The summed E-state index contributed by atoms with van der Waals surface area (Å²) in [4.78, 5) is 28.2. The fraction of sp³-hybridized carbons (Fsp3) is 0.111. The molecule has 120 valence electrons. The summed E-state index contributed by atoms with van der Waals surface area (Å²) < 4.78 is 5.45. The molecule has 2 aromatic heterocycles. The van der Waals surface area contributed by atoms with Crippen molar-refractivity contribution in [2.45, 2.75) is 13.3 Å². The predicted octanol–water partition coefficient (Wildman–Crippen LogP) is 2.51. The molecule has 0 radical (unpaired) electrons. The Morgan fingerprint density at radius 3 is 2.83 bits per heavy atom. The highest BCUT2D eigenvalue weighted by atomic mass is 16.3. The molecular weight excluding hydrogens is 306 g/mol. The van der Waals surface area contributed by atoms with Gasteiger partial charge >= 0.3 is 0 Å². The van der Waals surface area contributed by atoms with Crippen LogP contribution in [0.3, 0.4) is 0 Å². The number of hydrogen-bond acceptors (Lipinski definition) is 5. The SMILES string of the molecule is CCc1ccc2occ(/C=N/NC(=O)c3ccncc3)c(=O)c2c1. The standard InChI is InChI=1S/C18H15N3O3/c1-2-12-3-4-16-15(9-12)17(22)14(11-24-16)10-20-21-18(23)13-5-7-19-8-6-13/h3-11H,2H2,1H3,(H,21,23)/b20-10+. The number of fused-ring (bicyclic) bond motifs is 1. The molecule has 1 amide bonds. The summed E-state index contributed by atoms with van der Waals surface area (Å²) in [5.74, 6) is -0.382. The Bertz CT molecular complexity index is 962. The summed E-state index contributed by atoms with van der Waals surface area (Å²) in [6.45, 7) is 2.02. The molecule has 0 spiro atoms. The van der Waals surface area contributed by atoms with Crippen molar-refractivity contribution in [3.63, 3.8) is 0 Å². The molecule has 0 aliphatic heterocycles. The van der Waals surface area contributed by atoms with Crippen LogP contribution in [0.2, 0.25) is 0 Å². The van der Waals surface area contributed by atoms with E-state index < -0.39 is 0 Å². The zero-order valence-electron chi connectivity index (χ0n) is 13.0. The first kappa shape index (κ1) is 15.6. The van der Waals surface area contributed by atoms with Crippen molar-refractivity contribution in [2.75, 3.05) is 0 Å². The summed E-state index contributed by atoms with van der Waals surface area (Å²) in [6.07, 6.45) is 6.47. The van der Waals surface area contributed by atoms with Gasteiger partial charge < -0.3 is 4.42 Å². The van der Waals surface area contributed by atoms with Crippen LogP contribution in [0.1, 0.15) is 28.4 Å². The lowest BCUT2D eigenvalue weighted by Crippen LogP contribution is -2.18. The summed E-state index contributed by atoms with van der Waals surface area (Å²) in [5, 5.41) is 4.32. The molecule has 0 unspecified atom stereocenters. The number of rotatable bonds is 4. The number of hydrazone groups is 1. The highest BCUT2D eigenvalue weighted by Gasteiger charge is 2.07. The van der Waals surface area contributed by atoms with Crippen LogP contribution in [-0.2, 0) is 6.42 Å². The van der Waals surface area contributed by atoms with Gasteiger partial charge in [-0.15, -0.1) is 0 Å². The minimum Gasteiger partial charge on any atom is -0.463 e. The normalized spacial score (nSPS) is 11.0. The molecule has 0 bridgehead atoms. The van der Waals surface area contributed by atoms with Crippen LogP contribution >= 0.6 is 0 Å². The molecule has 3 aromatic rings. The molecule has 24 heavy (non-hydrogen) atoms. The zero-order valence-corrected chi connectivity index (χ0v) is 13.0. The van der Waals surface area contributed by atoms with Gasteiger partial charge in [-0.2, -0.15) is 5.10 Å². The first-order chi connectivity index (χ1) is 11.7. The Kier molecular flexibility index (Phi) is 4.47. The number of nitrogens with one attached hydrogen (secondary N) is 1. The first-order valence-corrected chi connectivity index (χ1v) is 7.47. The van der Waals surface area contributed by atoms with E-state index in [2.05, 4.69) is 15.5 Å². The fourth-order valence-corrected chi connectivity index (χ4v) is 2.23. The van der Waals surface area contributed by atoms with E-state index in [1.54, 1.807) is 18.2 Å². The summed E-state index contributed by atoms with van der Waals surface area (Å²) in [6, 6.07) is 8.66. The summed E-state index contributed by atoms with van der Waals surface area (Å²) in [5.41, 5.74) is 4.46. The van der Waals surface area contributed by atoms with Crippen LogP contribution in [0.15, 0.2) is 63.3 Å². The monoisotopic (exact) mass is 321 g/mol. The van der Waals surface area contributed by atoms with E-state index >= 15 is 0 Å². The van der Waals surface area contributed by atoms with Crippen molar-refractivity contribution in [3.8, 4) is 0 Å². The third kappa shape index (κ3) is 3.22. The number of amides is 1. The number of carbonyl (C=O) groups is 1. The Morgan fingerprint density at radius 1 is 1.29 bits per heavy atom. The van der Waals surface area contributed by atoms with Crippen LogP contribution in [0.5, 0.6) is 0 Å². The number of benzene rings is 1. The minimum absolute atomic E-state index is 0.187. The first-order valence-electron chi connectivity index (χ1n) is 7.47. The van der Waals surface area contributed by atoms with Crippen molar-refractivity contribution in [1.82, 2.24) is 10.4 Å². The fourth-order valence-electron chi connectivity index (χ4n) is 2.23. The lowest BCUT2D eigenvalue weighted by Gasteiger charge is -2.01. The minimum atomic E-state index is -0.382. The maximum absolute atomic E-state index is 12.5. The number of aryl methyl sites for hydroxylation is 1. The van der Waals surface area contributed by atoms with E-state index in [1.807, 2.05) is 19.1 Å². The van der Waals surface area contributed by atoms with Gasteiger partial charge in [0.2, 0.25) is 5.43 Å². The van der Waals surface area contributed by atoms with Gasteiger partial charge in [-0.1, -0.05) is 13.0 Å². The zero-order chi connectivity index (χ0) is 16.9. The summed E-state index contributed by atoms with van der Waals surface area (Å²) >= 11 is 0. The topological polar surface area (TPSA) is 84.6 Å². The predicted molar refractivity (Wildman–Crippen MR) is 91.2 cm³/mol. The smallest absolute Gasteiger partial charge is 0.271 e. The number of hydrogen-bond donors (Lipinski definition) is 1. The number of carbonyl (C=O) groups excluding carboxylic acids is 1. The number of pyridine rings is 1. The highest BCUT2D eigenvalue weighted by Crippen LogP contribution is 2.13. The van der Waals surface area contributed by atoms with Gasteiger partial charge in [0.15, 0.2) is 0 Å². The molecular formula is C18H15N3O3. The third-order valence-corrected chi connectivity index (χ3v) is 3.58. The Balaban J connectivity index is 1.83. The van der Waals surface area contributed by atoms with Crippen molar-refractivity contribution < 1.29 is 9.21 Å². The third-order valence-electron chi connectivity index (χ3n) is 3.58. The maximum Gasteiger partial charge on any atom is 0.271 e. The lowest BCUT2D eigenvalue weighted by molar-refractivity contribution is 0.0955. The van der Waals surface area contributed by atoms with E-state index in [1.165, 1.54) is 24.9 Å². The Hall–Kier alpha value is -3.28. The quantitative estimate of drug-likeness (QED) is 0.591.